The maximum Gasteiger partial charge on any atom is 0.445 e. The molecule has 0 spiro atoms. The number of epoxide rings is 1. The maximum atomic E-state index is 12.3. The number of halogens is 3. The van der Waals surface area contributed by atoms with Crippen LogP contribution in [0.4, 0.5) is 18.9 Å². The molecule has 1 heterocycles. The van der Waals surface area contributed by atoms with E-state index >= 15 is 0 Å². The quantitative estimate of drug-likeness (QED) is 0.376. The smallest absolute Gasteiger partial charge is 0.358 e. The number of nitro groups is 1. The highest BCUT2D eigenvalue weighted by atomic mass is 19.4. The van der Waals surface area contributed by atoms with Gasteiger partial charge in [0.25, 0.3) is 11.5 Å². The first-order valence-electron chi connectivity index (χ1n) is 5.06. The molecule has 2 atom stereocenters. The van der Waals surface area contributed by atoms with Crippen LogP contribution in [0.1, 0.15) is 11.7 Å². The number of hydrogen-bond donors (Lipinski definition) is 2. The van der Waals surface area contributed by atoms with Gasteiger partial charge in [0.15, 0.2) is 6.10 Å². The fourth-order valence-corrected chi connectivity index (χ4v) is 1.62. The number of rotatable bonds is 3. The summed E-state index contributed by atoms with van der Waals surface area (Å²) in [6, 6.07) is 4.60. The number of nitrogens with zero attached hydrogens (tertiary/aromatic N) is 1. The number of ether oxygens (including phenoxy) is 1. The van der Waals surface area contributed by atoms with Gasteiger partial charge in [-0.25, -0.2) is 0 Å². The van der Waals surface area contributed by atoms with E-state index in [1.54, 1.807) is 0 Å². The number of aliphatic hydroxyl groups is 2. The second-order valence-electron chi connectivity index (χ2n) is 4.05. The Labute approximate surface area is 104 Å². The molecule has 2 rings (SSSR count). The summed E-state index contributed by atoms with van der Waals surface area (Å²) in [4.78, 5) is 9.74. The number of hydrogen-bond acceptors (Lipinski definition) is 5. The summed E-state index contributed by atoms with van der Waals surface area (Å²) in [7, 11) is 0. The average Bonchev–Trinajstić information content (AvgIpc) is 3.08. The van der Waals surface area contributed by atoms with Gasteiger partial charge >= 0.3 is 6.18 Å². The summed E-state index contributed by atoms with van der Waals surface area (Å²) in [6.07, 6.45) is -8.24. The lowest BCUT2D eigenvalue weighted by Crippen LogP contribution is -2.50. The van der Waals surface area contributed by atoms with Crippen molar-refractivity contribution in [3.63, 3.8) is 0 Å². The Kier molecular flexibility index (Phi) is 3.00. The molecule has 0 radical (unpaired) electrons. The van der Waals surface area contributed by atoms with Crippen LogP contribution in [0.3, 0.4) is 0 Å². The van der Waals surface area contributed by atoms with Crippen molar-refractivity contribution in [1.29, 1.82) is 0 Å². The monoisotopic (exact) mass is 279 g/mol. The molecule has 1 saturated heterocycles. The van der Waals surface area contributed by atoms with Gasteiger partial charge < -0.3 is 14.9 Å². The first kappa shape index (κ1) is 13.7. The second-order valence-corrected chi connectivity index (χ2v) is 4.05. The van der Waals surface area contributed by atoms with Gasteiger partial charge in [-0.2, -0.15) is 13.2 Å². The molecule has 1 aromatic carbocycles. The molecular formula is C10H8F3NO5. The Balaban J connectivity index is 2.13. The highest BCUT2D eigenvalue weighted by molar-refractivity contribution is 5.35. The Morgan fingerprint density at radius 2 is 1.74 bits per heavy atom. The van der Waals surface area contributed by atoms with E-state index in [0.29, 0.717) is 0 Å². The van der Waals surface area contributed by atoms with E-state index in [1.807, 2.05) is 0 Å². The largest absolute Gasteiger partial charge is 0.445 e. The van der Waals surface area contributed by atoms with Gasteiger partial charge in [-0.15, -0.1) is 0 Å². The van der Waals surface area contributed by atoms with Crippen LogP contribution in [0.25, 0.3) is 0 Å². The van der Waals surface area contributed by atoms with Gasteiger partial charge in [0.05, 0.1) is 4.92 Å². The third-order valence-electron chi connectivity index (χ3n) is 2.74. The van der Waals surface area contributed by atoms with E-state index in [-0.39, 0.29) is 11.3 Å². The molecule has 1 aliphatic heterocycles. The molecule has 1 aliphatic rings. The highest BCUT2D eigenvalue weighted by Gasteiger charge is 2.67. The number of non-ortho nitro benzene ring substituents is 1. The van der Waals surface area contributed by atoms with Crippen LogP contribution in [0.5, 0.6) is 0 Å². The third-order valence-corrected chi connectivity index (χ3v) is 2.74. The van der Waals surface area contributed by atoms with E-state index in [9.17, 15) is 23.3 Å². The molecule has 2 N–H and O–H groups in total. The van der Waals surface area contributed by atoms with Gasteiger partial charge in [-0.1, -0.05) is 0 Å². The van der Waals surface area contributed by atoms with Gasteiger partial charge in [0, 0.05) is 12.1 Å². The molecule has 0 unspecified atom stereocenters. The molecule has 6 nitrogen and oxygen atoms in total. The number of alkyl halides is 3. The molecule has 0 amide bonds. The van der Waals surface area contributed by atoms with E-state index in [2.05, 4.69) is 4.74 Å². The third kappa shape index (κ3) is 2.39. The maximum absolute atomic E-state index is 12.3. The molecule has 9 heteroatoms. The molecular weight excluding hydrogens is 271 g/mol. The van der Waals surface area contributed by atoms with Crippen molar-refractivity contribution < 1.29 is 33.0 Å². The van der Waals surface area contributed by atoms with Crippen LogP contribution in [0.2, 0.25) is 0 Å². The predicted octanol–water partition coefficient (Wildman–Crippen LogP) is 1.28. The topological polar surface area (TPSA) is 96.1 Å². The van der Waals surface area contributed by atoms with Crippen molar-refractivity contribution in [3.8, 4) is 0 Å². The summed E-state index contributed by atoms with van der Waals surface area (Å²) in [5.41, 5.74) is -0.0247. The lowest BCUT2D eigenvalue weighted by molar-refractivity contribution is -0.384. The highest BCUT2D eigenvalue weighted by Crippen LogP contribution is 2.49. The molecule has 19 heavy (non-hydrogen) atoms. The number of nitro benzene ring substituents is 1. The van der Waals surface area contributed by atoms with Crippen molar-refractivity contribution in [2.45, 2.75) is 24.2 Å². The van der Waals surface area contributed by atoms with Crippen molar-refractivity contribution in [1.82, 2.24) is 0 Å². The zero-order chi connectivity index (χ0) is 14.4. The van der Waals surface area contributed by atoms with Crippen LogP contribution >= 0.6 is 0 Å². The summed E-state index contributed by atoms with van der Waals surface area (Å²) >= 11 is 0. The van der Waals surface area contributed by atoms with Crippen molar-refractivity contribution in [2.75, 3.05) is 0 Å². The first-order valence-corrected chi connectivity index (χ1v) is 5.06. The summed E-state index contributed by atoms with van der Waals surface area (Å²) < 4.78 is 41.5. The Bertz CT molecular complexity index is 499. The van der Waals surface area contributed by atoms with Gasteiger partial charge in [-0.3, -0.25) is 10.1 Å². The normalized spacial score (nSPS) is 23.2. The fourth-order valence-electron chi connectivity index (χ4n) is 1.62. The molecule has 0 saturated carbocycles. The lowest BCUT2D eigenvalue weighted by Gasteiger charge is -2.22. The van der Waals surface area contributed by atoms with Gasteiger partial charge in [-0.05, 0) is 17.7 Å². The minimum absolute atomic E-state index is 0.201. The molecule has 0 bridgehead atoms. The second kappa shape index (κ2) is 4.15. The Hall–Kier alpha value is -1.71. The minimum Gasteiger partial charge on any atom is -0.358 e. The first-order chi connectivity index (χ1) is 8.64. The summed E-state index contributed by atoms with van der Waals surface area (Å²) in [5.74, 6) is -3.94. The summed E-state index contributed by atoms with van der Waals surface area (Å²) in [6.45, 7) is 0. The van der Waals surface area contributed by atoms with E-state index in [4.69, 9.17) is 10.2 Å². The van der Waals surface area contributed by atoms with Crippen LogP contribution in [-0.4, -0.2) is 33.2 Å². The Morgan fingerprint density at radius 3 is 2.16 bits per heavy atom. The van der Waals surface area contributed by atoms with Crippen LogP contribution in [0.15, 0.2) is 24.3 Å². The van der Waals surface area contributed by atoms with E-state index in [1.165, 1.54) is 12.1 Å². The van der Waals surface area contributed by atoms with Crippen LogP contribution in [0, 0.1) is 10.1 Å². The molecule has 0 aromatic heterocycles. The molecule has 104 valence electrons. The van der Waals surface area contributed by atoms with Crippen molar-refractivity contribution in [3.05, 3.63) is 39.9 Å². The van der Waals surface area contributed by atoms with E-state index < -0.39 is 29.1 Å². The number of benzene rings is 1. The average molecular weight is 279 g/mol. The fraction of sp³-hybridized carbons (Fsp3) is 0.400. The standard InChI is InChI=1S/C10H8F3NO5/c11-10(12,13)9(15,16)8-7(19-8)5-1-3-6(4-2-5)14(17)18/h1-4,7-8,15-16H/t7-,8+/m1/s1. The predicted molar refractivity (Wildman–Crippen MR) is 53.9 cm³/mol. The minimum atomic E-state index is -5.24. The SMILES string of the molecule is O=[N+]([O-])c1ccc([C@H]2O[C@@H]2C(O)(O)C(F)(F)F)cc1. The van der Waals surface area contributed by atoms with E-state index in [0.717, 1.165) is 12.1 Å². The van der Waals surface area contributed by atoms with Crippen LogP contribution < -0.4 is 0 Å². The van der Waals surface area contributed by atoms with Crippen molar-refractivity contribution in [2.24, 2.45) is 0 Å². The zero-order valence-electron chi connectivity index (χ0n) is 9.16. The molecule has 0 aliphatic carbocycles. The molecule has 1 aromatic rings. The Morgan fingerprint density at radius 1 is 1.21 bits per heavy atom. The summed E-state index contributed by atoms with van der Waals surface area (Å²) in [5, 5.41) is 28.3. The van der Waals surface area contributed by atoms with Crippen molar-refractivity contribution >= 4 is 5.69 Å². The van der Waals surface area contributed by atoms with Crippen LogP contribution in [-0.2, 0) is 4.74 Å². The van der Waals surface area contributed by atoms with Gasteiger partial charge in [0.2, 0.25) is 0 Å². The van der Waals surface area contributed by atoms with Gasteiger partial charge in [0.1, 0.15) is 6.10 Å². The molecule has 1 fully saturated rings. The lowest BCUT2D eigenvalue weighted by atomic mass is 10.0. The zero-order valence-corrected chi connectivity index (χ0v) is 9.16.